The molecule has 0 aromatic carbocycles. The first-order chi connectivity index (χ1) is 10.6. The molecule has 124 valence electrons. The summed E-state index contributed by atoms with van der Waals surface area (Å²) in [6, 6.07) is 0.566. The van der Waals surface area contributed by atoms with E-state index in [2.05, 4.69) is 46.4 Å². The summed E-state index contributed by atoms with van der Waals surface area (Å²) in [7, 11) is 2.19. The van der Waals surface area contributed by atoms with Gasteiger partial charge in [0.25, 0.3) is 0 Å². The van der Waals surface area contributed by atoms with Crippen LogP contribution in [0.2, 0.25) is 0 Å². The highest BCUT2D eigenvalue weighted by atomic mass is 16.5. The van der Waals surface area contributed by atoms with Gasteiger partial charge in [-0.2, -0.15) is 0 Å². The maximum absolute atomic E-state index is 5.51. The lowest BCUT2D eigenvalue weighted by Crippen LogP contribution is -2.32. The zero-order valence-corrected chi connectivity index (χ0v) is 14.3. The molecule has 1 aromatic rings. The molecule has 1 aromatic heterocycles. The van der Waals surface area contributed by atoms with Gasteiger partial charge in [-0.1, -0.05) is 0 Å². The lowest BCUT2D eigenvalue weighted by atomic mass is 10.1. The maximum atomic E-state index is 5.51. The molecule has 22 heavy (non-hydrogen) atoms. The zero-order chi connectivity index (χ0) is 15.5. The third kappa shape index (κ3) is 3.70. The van der Waals surface area contributed by atoms with Crippen LogP contribution in [0.4, 0.5) is 0 Å². The number of aromatic nitrogens is 2. The van der Waals surface area contributed by atoms with Crippen LogP contribution >= 0.6 is 0 Å². The van der Waals surface area contributed by atoms with Crippen molar-refractivity contribution in [1.29, 1.82) is 0 Å². The molecular formula is C17H30N4O. The number of rotatable bonds is 5. The normalized spacial score (nSPS) is 23.2. The van der Waals surface area contributed by atoms with E-state index in [9.17, 15) is 0 Å². The van der Waals surface area contributed by atoms with Gasteiger partial charge in [0.05, 0.1) is 12.3 Å². The van der Waals surface area contributed by atoms with Crippen molar-refractivity contribution < 1.29 is 4.74 Å². The average molecular weight is 306 g/mol. The predicted molar refractivity (Wildman–Crippen MR) is 87.9 cm³/mol. The number of ether oxygens (including phenoxy) is 1. The summed E-state index contributed by atoms with van der Waals surface area (Å²) in [5.74, 6) is 1.99. The van der Waals surface area contributed by atoms with Gasteiger partial charge in [-0.25, -0.2) is 4.98 Å². The maximum Gasteiger partial charge on any atom is 0.110 e. The fourth-order valence-corrected chi connectivity index (χ4v) is 3.38. The van der Waals surface area contributed by atoms with Gasteiger partial charge in [0.2, 0.25) is 0 Å². The van der Waals surface area contributed by atoms with Crippen LogP contribution in [0.3, 0.4) is 0 Å². The number of imidazole rings is 1. The van der Waals surface area contributed by atoms with Crippen molar-refractivity contribution in [2.45, 2.75) is 45.8 Å². The van der Waals surface area contributed by atoms with Crippen LogP contribution in [0, 0.1) is 5.92 Å². The fourth-order valence-electron chi connectivity index (χ4n) is 3.38. The third-order valence-corrected chi connectivity index (χ3v) is 5.15. The van der Waals surface area contributed by atoms with Crippen LogP contribution in [0.5, 0.6) is 0 Å². The Labute approximate surface area is 134 Å². The van der Waals surface area contributed by atoms with Gasteiger partial charge in [-0.05, 0) is 33.2 Å². The molecule has 0 bridgehead atoms. The van der Waals surface area contributed by atoms with Crippen LogP contribution in [0.1, 0.15) is 31.8 Å². The first kappa shape index (κ1) is 16.0. The zero-order valence-electron chi connectivity index (χ0n) is 14.3. The summed E-state index contributed by atoms with van der Waals surface area (Å²) in [4.78, 5) is 9.66. The lowest BCUT2D eigenvalue weighted by Gasteiger charge is -2.23. The van der Waals surface area contributed by atoms with E-state index in [4.69, 9.17) is 4.74 Å². The van der Waals surface area contributed by atoms with Gasteiger partial charge in [-0.15, -0.1) is 0 Å². The molecule has 1 fully saturated rings. The second-order valence-electron chi connectivity index (χ2n) is 7.11. The van der Waals surface area contributed by atoms with Crippen molar-refractivity contribution in [1.82, 2.24) is 19.4 Å². The third-order valence-electron chi connectivity index (χ3n) is 5.15. The molecule has 2 aliphatic rings. The first-order valence-corrected chi connectivity index (χ1v) is 8.67. The Morgan fingerprint density at radius 3 is 2.95 bits per heavy atom. The van der Waals surface area contributed by atoms with Crippen LogP contribution in [0.15, 0.2) is 6.20 Å². The largest absolute Gasteiger partial charge is 0.381 e. The van der Waals surface area contributed by atoms with Gasteiger partial charge >= 0.3 is 0 Å². The molecule has 0 saturated carbocycles. The molecule has 3 heterocycles. The van der Waals surface area contributed by atoms with Gasteiger partial charge in [-0.3, -0.25) is 4.90 Å². The topological polar surface area (TPSA) is 33.5 Å². The minimum atomic E-state index is 0.566. The highest BCUT2D eigenvalue weighted by Crippen LogP contribution is 2.18. The minimum absolute atomic E-state index is 0.566. The van der Waals surface area contributed by atoms with Gasteiger partial charge in [0.1, 0.15) is 5.82 Å². The summed E-state index contributed by atoms with van der Waals surface area (Å²) in [6.45, 7) is 11.9. The number of fused-ring (bicyclic) bond motifs is 1. The van der Waals surface area contributed by atoms with Crippen LogP contribution < -0.4 is 0 Å². The smallest absolute Gasteiger partial charge is 0.110 e. The fraction of sp³-hybridized carbons (Fsp3) is 0.824. The molecule has 0 amide bonds. The molecule has 1 saturated heterocycles. The Morgan fingerprint density at radius 2 is 2.23 bits per heavy atom. The van der Waals surface area contributed by atoms with Crippen molar-refractivity contribution in [3.63, 3.8) is 0 Å². The Hall–Kier alpha value is -0.910. The van der Waals surface area contributed by atoms with Crippen LogP contribution in [-0.2, 0) is 24.2 Å². The van der Waals surface area contributed by atoms with Gasteiger partial charge in [0, 0.05) is 58.0 Å². The second-order valence-corrected chi connectivity index (χ2v) is 7.11. The molecular weight excluding hydrogens is 276 g/mol. The Balaban J connectivity index is 1.60. The summed E-state index contributed by atoms with van der Waals surface area (Å²) < 4.78 is 7.96. The highest BCUT2D eigenvalue weighted by Gasteiger charge is 2.22. The summed E-state index contributed by atoms with van der Waals surface area (Å²) in [5.41, 5.74) is 1.36. The molecule has 0 aliphatic carbocycles. The highest BCUT2D eigenvalue weighted by molar-refractivity contribution is 5.07. The molecule has 3 rings (SSSR count). The van der Waals surface area contributed by atoms with Crippen molar-refractivity contribution in [2.75, 3.05) is 39.9 Å². The van der Waals surface area contributed by atoms with Gasteiger partial charge in [0.15, 0.2) is 0 Å². The van der Waals surface area contributed by atoms with E-state index in [1.165, 1.54) is 24.5 Å². The molecule has 0 spiro atoms. The van der Waals surface area contributed by atoms with Crippen molar-refractivity contribution in [2.24, 2.45) is 5.92 Å². The summed E-state index contributed by atoms with van der Waals surface area (Å²) in [5, 5.41) is 0. The number of nitrogens with zero attached hydrogens (tertiary/aromatic N) is 4. The molecule has 0 unspecified atom stereocenters. The average Bonchev–Trinajstić information content (AvgIpc) is 3.07. The molecule has 0 radical (unpaired) electrons. The summed E-state index contributed by atoms with van der Waals surface area (Å²) >= 11 is 0. The van der Waals surface area contributed by atoms with Crippen LogP contribution in [-0.4, -0.2) is 65.3 Å². The number of hydrogen-bond donors (Lipinski definition) is 0. The van der Waals surface area contributed by atoms with E-state index in [0.29, 0.717) is 6.04 Å². The van der Waals surface area contributed by atoms with Crippen molar-refractivity contribution in [3.05, 3.63) is 17.7 Å². The SMILES string of the molecule is CC(C)N(C)Cc1cnc2n1CCN(C[C@@H]1CCOC1)CC2. The predicted octanol–water partition coefficient (Wildman–Crippen LogP) is 1.62. The number of hydrogen-bond acceptors (Lipinski definition) is 4. The Bertz CT molecular complexity index is 479. The van der Waals surface area contributed by atoms with E-state index in [1.54, 1.807) is 0 Å². The van der Waals surface area contributed by atoms with E-state index < -0.39 is 0 Å². The molecule has 0 N–H and O–H groups in total. The standard InChI is InChI=1S/C17H30N4O/c1-14(2)19(3)12-16-10-18-17-4-6-20(7-8-21(16)17)11-15-5-9-22-13-15/h10,14-15H,4-9,11-13H2,1-3H3/t15-/m0/s1. The Morgan fingerprint density at radius 1 is 1.36 bits per heavy atom. The molecule has 5 heteroatoms. The minimum Gasteiger partial charge on any atom is -0.381 e. The van der Waals surface area contributed by atoms with Gasteiger partial charge < -0.3 is 14.2 Å². The molecule has 1 atom stereocenters. The van der Waals surface area contributed by atoms with E-state index in [-0.39, 0.29) is 0 Å². The second kappa shape index (κ2) is 7.11. The molecule has 2 aliphatic heterocycles. The Kier molecular flexibility index (Phi) is 5.16. The lowest BCUT2D eigenvalue weighted by molar-refractivity contribution is 0.167. The van der Waals surface area contributed by atoms with Crippen LogP contribution in [0.25, 0.3) is 0 Å². The monoisotopic (exact) mass is 306 g/mol. The first-order valence-electron chi connectivity index (χ1n) is 8.67. The van der Waals surface area contributed by atoms with E-state index in [1.807, 2.05) is 0 Å². The van der Waals surface area contributed by atoms with Crippen molar-refractivity contribution >= 4 is 0 Å². The quantitative estimate of drug-likeness (QED) is 0.828. The molecule has 5 nitrogen and oxygen atoms in total. The van der Waals surface area contributed by atoms with E-state index in [0.717, 1.165) is 51.7 Å². The van der Waals surface area contributed by atoms with Crippen molar-refractivity contribution in [3.8, 4) is 0 Å². The summed E-state index contributed by atoms with van der Waals surface area (Å²) in [6.07, 6.45) is 4.37. The van der Waals surface area contributed by atoms with E-state index >= 15 is 0 Å².